The average molecular weight is 282 g/mol. The summed E-state index contributed by atoms with van der Waals surface area (Å²) in [5.74, 6) is 0. The quantitative estimate of drug-likeness (QED) is 0.773. The summed E-state index contributed by atoms with van der Waals surface area (Å²) >= 11 is 0. The molecule has 1 N–H and O–H groups in total. The van der Waals surface area contributed by atoms with Gasteiger partial charge in [0.1, 0.15) is 0 Å². The third kappa shape index (κ3) is 5.31. The highest BCUT2D eigenvalue weighted by molar-refractivity contribution is 5.20. The summed E-state index contributed by atoms with van der Waals surface area (Å²) in [6.45, 7) is 5.38. The standard InChI is InChI=1S/C19H26N2/c1-3-12-21-19(18-13-16(2)14-20-15-18)11-7-10-17-8-5-4-6-9-17/h4-6,8-9,13-15,19,21H,3,7,10-12H2,1-2H3. The van der Waals surface area contributed by atoms with Crippen LogP contribution in [0, 0.1) is 6.92 Å². The summed E-state index contributed by atoms with van der Waals surface area (Å²) in [4.78, 5) is 4.34. The molecule has 2 heteroatoms. The normalized spacial score (nSPS) is 12.3. The van der Waals surface area contributed by atoms with E-state index in [2.05, 4.69) is 60.5 Å². The van der Waals surface area contributed by atoms with Crippen LogP contribution >= 0.6 is 0 Å². The van der Waals surface area contributed by atoms with Gasteiger partial charge in [-0.15, -0.1) is 0 Å². The zero-order valence-corrected chi connectivity index (χ0v) is 13.2. The van der Waals surface area contributed by atoms with Crippen molar-refractivity contribution in [2.75, 3.05) is 6.54 Å². The lowest BCUT2D eigenvalue weighted by Crippen LogP contribution is -2.22. The van der Waals surface area contributed by atoms with E-state index < -0.39 is 0 Å². The Labute approximate surface area is 128 Å². The van der Waals surface area contributed by atoms with Crippen LogP contribution in [0.25, 0.3) is 0 Å². The summed E-state index contributed by atoms with van der Waals surface area (Å²) in [7, 11) is 0. The molecule has 0 amide bonds. The van der Waals surface area contributed by atoms with Gasteiger partial charge < -0.3 is 5.32 Å². The Hall–Kier alpha value is -1.67. The number of nitrogens with zero attached hydrogens (tertiary/aromatic N) is 1. The maximum Gasteiger partial charge on any atom is 0.0335 e. The van der Waals surface area contributed by atoms with Gasteiger partial charge in [0.15, 0.2) is 0 Å². The molecule has 21 heavy (non-hydrogen) atoms. The first kappa shape index (κ1) is 15.7. The summed E-state index contributed by atoms with van der Waals surface area (Å²) in [5.41, 5.74) is 3.98. The predicted octanol–water partition coefficient (Wildman–Crippen LogP) is 4.45. The zero-order chi connectivity index (χ0) is 14.9. The number of aryl methyl sites for hydroxylation is 2. The van der Waals surface area contributed by atoms with E-state index in [9.17, 15) is 0 Å². The van der Waals surface area contributed by atoms with E-state index in [-0.39, 0.29) is 0 Å². The largest absolute Gasteiger partial charge is 0.310 e. The van der Waals surface area contributed by atoms with Crippen molar-refractivity contribution < 1.29 is 0 Å². The SMILES string of the molecule is CCCNC(CCCc1ccccc1)c1cncc(C)c1. The second-order valence-electron chi connectivity index (χ2n) is 5.68. The van der Waals surface area contributed by atoms with Crippen molar-refractivity contribution in [3.63, 3.8) is 0 Å². The molecule has 1 aromatic heterocycles. The lowest BCUT2D eigenvalue weighted by atomic mass is 9.99. The van der Waals surface area contributed by atoms with Crippen molar-refractivity contribution in [1.82, 2.24) is 10.3 Å². The molecular formula is C19H26N2. The molecule has 0 bridgehead atoms. The van der Waals surface area contributed by atoms with Crippen molar-refractivity contribution >= 4 is 0 Å². The fourth-order valence-corrected chi connectivity index (χ4v) is 2.63. The smallest absolute Gasteiger partial charge is 0.0335 e. The van der Waals surface area contributed by atoms with E-state index in [1.165, 1.54) is 23.1 Å². The first-order valence-electron chi connectivity index (χ1n) is 7.98. The van der Waals surface area contributed by atoms with E-state index in [4.69, 9.17) is 0 Å². The van der Waals surface area contributed by atoms with Crippen molar-refractivity contribution in [2.45, 2.75) is 45.6 Å². The van der Waals surface area contributed by atoms with Gasteiger partial charge in [0.05, 0.1) is 0 Å². The molecule has 0 saturated heterocycles. The van der Waals surface area contributed by atoms with Crippen LogP contribution in [0.1, 0.15) is 48.9 Å². The number of hydrogen-bond acceptors (Lipinski definition) is 2. The number of hydrogen-bond donors (Lipinski definition) is 1. The van der Waals surface area contributed by atoms with Crippen LogP contribution in [0.3, 0.4) is 0 Å². The first-order valence-corrected chi connectivity index (χ1v) is 7.98. The molecule has 1 atom stereocenters. The van der Waals surface area contributed by atoms with Gasteiger partial charge in [0, 0.05) is 18.4 Å². The predicted molar refractivity (Wildman–Crippen MR) is 89.4 cm³/mol. The van der Waals surface area contributed by atoms with Gasteiger partial charge in [0.25, 0.3) is 0 Å². The van der Waals surface area contributed by atoms with Crippen LogP contribution in [-0.4, -0.2) is 11.5 Å². The Morgan fingerprint density at radius 3 is 2.67 bits per heavy atom. The minimum atomic E-state index is 0.418. The van der Waals surface area contributed by atoms with Crippen LogP contribution in [0.5, 0.6) is 0 Å². The summed E-state index contributed by atoms with van der Waals surface area (Å²) in [5, 5.41) is 3.66. The molecule has 0 aliphatic carbocycles. The van der Waals surface area contributed by atoms with Gasteiger partial charge in [-0.05, 0) is 55.8 Å². The average Bonchev–Trinajstić information content (AvgIpc) is 2.51. The minimum Gasteiger partial charge on any atom is -0.310 e. The highest BCUT2D eigenvalue weighted by Crippen LogP contribution is 2.20. The Kier molecular flexibility index (Phi) is 6.42. The van der Waals surface area contributed by atoms with E-state index in [1.54, 1.807) is 0 Å². The third-order valence-electron chi connectivity index (χ3n) is 3.74. The maximum absolute atomic E-state index is 4.34. The molecule has 2 rings (SSSR count). The molecular weight excluding hydrogens is 256 g/mol. The van der Waals surface area contributed by atoms with E-state index in [0.717, 1.165) is 25.8 Å². The molecule has 0 fully saturated rings. The second kappa shape index (κ2) is 8.58. The molecule has 0 aliphatic heterocycles. The van der Waals surface area contributed by atoms with Crippen molar-refractivity contribution in [2.24, 2.45) is 0 Å². The fourth-order valence-electron chi connectivity index (χ4n) is 2.63. The zero-order valence-electron chi connectivity index (χ0n) is 13.2. The minimum absolute atomic E-state index is 0.418. The molecule has 0 aliphatic rings. The van der Waals surface area contributed by atoms with Gasteiger partial charge in [-0.1, -0.05) is 43.3 Å². The molecule has 1 aromatic carbocycles. The number of nitrogens with one attached hydrogen (secondary N) is 1. The van der Waals surface area contributed by atoms with Crippen molar-refractivity contribution in [1.29, 1.82) is 0 Å². The van der Waals surface area contributed by atoms with Crippen LogP contribution in [0.4, 0.5) is 0 Å². The molecule has 2 aromatic rings. The van der Waals surface area contributed by atoms with Gasteiger partial charge in [-0.3, -0.25) is 4.98 Å². The molecule has 1 unspecified atom stereocenters. The summed E-state index contributed by atoms with van der Waals surface area (Å²) < 4.78 is 0. The molecule has 1 heterocycles. The highest BCUT2D eigenvalue weighted by atomic mass is 14.9. The Morgan fingerprint density at radius 1 is 1.14 bits per heavy atom. The van der Waals surface area contributed by atoms with Crippen LogP contribution in [-0.2, 0) is 6.42 Å². The lowest BCUT2D eigenvalue weighted by Gasteiger charge is -2.19. The summed E-state index contributed by atoms with van der Waals surface area (Å²) in [6.07, 6.45) is 8.57. The van der Waals surface area contributed by atoms with Crippen LogP contribution in [0.15, 0.2) is 48.8 Å². The number of benzene rings is 1. The number of aromatic nitrogens is 1. The third-order valence-corrected chi connectivity index (χ3v) is 3.74. The van der Waals surface area contributed by atoms with Gasteiger partial charge >= 0.3 is 0 Å². The Balaban J connectivity index is 1.93. The lowest BCUT2D eigenvalue weighted by molar-refractivity contribution is 0.483. The highest BCUT2D eigenvalue weighted by Gasteiger charge is 2.11. The molecule has 0 radical (unpaired) electrons. The van der Waals surface area contributed by atoms with Crippen molar-refractivity contribution in [3.05, 3.63) is 65.5 Å². The second-order valence-corrected chi connectivity index (χ2v) is 5.68. The topological polar surface area (TPSA) is 24.9 Å². The van der Waals surface area contributed by atoms with Crippen molar-refractivity contribution in [3.8, 4) is 0 Å². The monoisotopic (exact) mass is 282 g/mol. The fraction of sp³-hybridized carbons (Fsp3) is 0.421. The molecule has 112 valence electrons. The summed E-state index contributed by atoms with van der Waals surface area (Å²) in [6, 6.07) is 13.4. The number of pyridine rings is 1. The maximum atomic E-state index is 4.34. The Bertz CT molecular complexity index is 522. The van der Waals surface area contributed by atoms with E-state index in [1.807, 2.05) is 12.4 Å². The number of rotatable bonds is 8. The van der Waals surface area contributed by atoms with Crippen LogP contribution in [0.2, 0.25) is 0 Å². The molecule has 2 nitrogen and oxygen atoms in total. The van der Waals surface area contributed by atoms with Gasteiger partial charge in [-0.25, -0.2) is 0 Å². The Morgan fingerprint density at radius 2 is 1.95 bits per heavy atom. The van der Waals surface area contributed by atoms with E-state index in [0.29, 0.717) is 6.04 Å². The first-order chi connectivity index (χ1) is 10.3. The van der Waals surface area contributed by atoms with Gasteiger partial charge in [0.2, 0.25) is 0 Å². The van der Waals surface area contributed by atoms with Gasteiger partial charge in [-0.2, -0.15) is 0 Å². The molecule has 0 saturated carbocycles. The van der Waals surface area contributed by atoms with E-state index >= 15 is 0 Å². The molecule has 0 spiro atoms. The van der Waals surface area contributed by atoms with Crippen LogP contribution < -0.4 is 5.32 Å².